The summed E-state index contributed by atoms with van der Waals surface area (Å²) in [6.45, 7) is 5.93. The Hall–Kier alpha value is -2.18. The van der Waals surface area contributed by atoms with Gasteiger partial charge in [0.05, 0.1) is 12.4 Å². The second-order valence-electron chi connectivity index (χ2n) is 5.13. The summed E-state index contributed by atoms with van der Waals surface area (Å²) in [5.74, 6) is -0.242. The fraction of sp³-hybridized carbons (Fsp3) is 0.500. The molecule has 0 aromatic carbocycles. The van der Waals surface area contributed by atoms with Crippen molar-refractivity contribution in [2.24, 2.45) is 0 Å². The molecule has 19 heavy (non-hydrogen) atoms. The van der Waals surface area contributed by atoms with Gasteiger partial charge in [-0.15, -0.1) is 0 Å². The lowest BCUT2D eigenvalue weighted by atomic mass is 10.1. The van der Waals surface area contributed by atoms with Crippen molar-refractivity contribution in [1.82, 2.24) is 20.6 Å². The molecule has 0 saturated heterocycles. The van der Waals surface area contributed by atoms with E-state index in [4.69, 9.17) is 5.73 Å². The number of nitrogen functional groups attached to an aromatic ring is 1. The lowest BCUT2D eigenvalue weighted by Crippen LogP contribution is -2.42. The molecule has 1 rings (SSSR count). The zero-order valence-electron chi connectivity index (χ0n) is 11.4. The Kier molecular flexibility index (Phi) is 4.80. The van der Waals surface area contributed by atoms with E-state index < -0.39 is 0 Å². The van der Waals surface area contributed by atoms with Crippen LogP contribution >= 0.6 is 0 Å². The van der Waals surface area contributed by atoms with Crippen LogP contribution in [-0.4, -0.2) is 33.9 Å². The van der Waals surface area contributed by atoms with Crippen molar-refractivity contribution in [3.63, 3.8) is 0 Å². The van der Waals surface area contributed by atoms with Crippen molar-refractivity contribution in [3.8, 4) is 0 Å². The molecule has 1 aromatic heterocycles. The van der Waals surface area contributed by atoms with E-state index >= 15 is 0 Å². The van der Waals surface area contributed by atoms with Gasteiger partial charge >= 0.3 is 0 Å². The van der Waals surface area contributed by atoms with E-state index in [-0.39, 0.29) is 41.8 Å². The van der Waals surface area contributed by atoms with E-state index in [9.17, 15) is 9.59 Å². The molecule has 0 aliphatic carbocycles. The van der Waals surface area contributed by atoms with Crippen molar-refractivity contribution in [3.05, 3.63) is 18.1 Å². The highest BCUT2D eigenvalue weighted by Gasteiger charge is 2.14. The van der Waals surface area contributed by atoms with Crippen molar-refractivity contribution < 1.29 is 9.59 Å². The lowest BCUT2D eigenvalue weighted by Gasteiger charge is -2.20. The molecule has 2 amide bonds. The second-order valence-corrected chi connectivity index (χ2v) is 5.13. The Morgan fingerprint density at radius 3 is 2.47 bits per heavy atom. The van der Waals surface area contributed by atoms with Crippen LogP contribution in [0.3, 0.4) is 0 Å². The smallest absolute Gasteiger partial charge is 0.271 e. The maximum Gasteiger partial charge on any atom is 0.271 e. The van der Waals surface area contributed by atoms with Gasteiger partial charge < -0.3 is 16.4 Å². The first-order valence-electron chi connectivity index (χ1n) is 5.94. The lowest BCUT2D eigenvalue weighted by molar-refractivity contribution is -0.122. The zero-order valence-corrected chi connectivity index (χ0v) is 11.4. The molecule has 0 atom stereocenters. The molecule has 104 valence electrons. The summed E-state index contributed by atoms with van der Waals surface area (Å²) in [4.78, 5) is 30.8. The van der Waals surface area contributed by atoms with Gasteiger partial charge in [-0.05, 0) is 20.8 Å². The highest BCUT2D eigenvalue weighted by Crippen LogP contribution is 1.99. The molecule has 0 aliphatic heterocycles. The molecule has 0 unspecified atom stereocenters. The molecule has 0 radical (unpaired) electrons. The fourth-order valence-electron chi connectivity index (χ4n) is 1.32. The van der Waals surface area contributed by atoms with Gasteiger partial charge in [0.2, 0.25) is 5.91 Å². The molecule has 0 saturated carbocycles. The zero-order chi connectivity index (χ0) is 14.5. The Balaban J connectivity index is 2.35. The topological polar surface area (TPSA) is 110 Å². The van der Waals surface area contributed by atoms with Crippen molar-refractivity contribution in [2.75, 3.05) is 12.3 Å². The van der Waals surface area contributed by atoms with Crippen LogP contribution in [0, 0.1) is 0 Å². The summed E-state index contributed by atoms with van der Waals surface area (Å²) in [5.41, 5.74) is 5.26. The quantitative estimate of drug-likeness (QED) is 0.715. The van der Waals surface area contributed by atoms with Crippen molar-refractivity contribution in [1.29, 1.82) is 0 Å². The summed E-state index contributed by atoms with van der Waals surface area (Å²) in [6, 6.07) is 0. The number of rotatable bonds is 4. The number of carbonyl (C=O) groups excluding carboxylic acids is 2. The summed E-state index contributed by atoms with van der Waals surface area (Å²) in [5, 5.41) is 5.40. The molecular formula is C12H19N5O2. The van der Waals surface area contributed by atoms with Gasteiger partial charge in [0.25, 0.3) is 5.91 Å². The number of anilines is 1. The highest BCUT2D eigenvalue weighted by atomic mass is 16.2. The number of aromatic nitrogens is 2. The van der Waals surface area contributed by atoms with Gasteiger partial charge in [-0.25, -0.2) is 9.97 Å². The molecule has 1 aromatic rings. The van der Waals surface area contributed by atoms with Crippen LogP contribution in [0.4, 0.5) is 5.82 Å². The van der Waals surface area contributed by atoms with E-state index in [1.807, 2.05) is 20.8 Å². The van der Waals surface area contributed by atoms with Crippen LogP contribution in [0.1, 0.15) is 37.7 Å². The molecule has 0 bridgehead atoms. The maximum atomic E-state index is 11.6. The third kappa shape index (κ3) is 5.80. The molecular weight excluding hydrogens is 246 g/mol. The normalized spacial score (nSPS) is 10.9. The predicted octanol–water partition coefficient (Wildman–Crippen LogP) is 0.0934. The van der Waals surface area contributed by atoms with Crippen LogP contribution in [0.25, 0.3) is 0 Å². The SMILES string of the molecule is CC(C)(C)NC(=O)CCNC(=O)c1cnc(N)cn1. The summed E-state index contributed by atoms with van der Waals surface area (Å²) < 4.78 is 0. The largest absolute Gasteiger partial charge is 0.382 e. The third-order valence-electron chi connectivity index (χ3n) is 2.06. The standard InChI is InChI=1S/C12H19N5O2/c1-12(2,3)17-10(18)4-5-14-11(19)8-6-16-9(13)7-15-8/h6-7H,4-5H2,1-3H3,(H2,13,16)(H,14,19)(H,17,18). The maximum absolute atomic E-state index is 11.6. The number of nitrogens with two attached hydrogens (primary N) is 1. The first kappa shape index (κ1) is 14.9. The van der Waals surface area contributed by atoms with E-state index in [0.29, 0.717) is 0 Å². The first-order chi connectivity index (χ1) is 8.78. The van der Waals surface area contributed by atoms with E-state index in [0.717, 1.165) is 0 Å². The van der Waals surface area contributed by atoms with Gasteiger partial charge in [0.15, 0.2) is 0 Å². The monoisotopic (exact) mass is 265 g/mol. The minimum atomic E-state index is -0.379. The van der Waals surface area contributed by atoms with Gasteiger partial charge in [-0.1, -0.05) is 0 Å². The van der Waals surface area contributed by atoms with Crippen LogP contribution in [0.15, 0.2) is 12.4 Å². The van der Waals surface area contributed by atoms with Gasteiger partial charge in [0, 0.05) is 18.5 Å². The van der Waals surface area contributed by atoms with Crippen LogP contribution < -0.4 is 16.4 Å². The molecule has 7 heteroatoms. The van der Waals surface area contributed by atoms with Gasteiger partial charge in [-0.2, -0.15) is 0 Å². The third-order valence-corrected chi connectivity index (χ3v) is 2.06. The Morgan fingerprint density at radius 2 is 1.95 bits per heavy atom. The van der Waals surface area contributed by atoms with Crippen molar-refractivity contribution in [2.45, 2.75) is 32.7 Å². The van der Waals surface area contributed by atoms with E-state index in [1.165, 1.54) is 12.4 Å². The first-order valence-corrected chi connectivity index (χ1v) is 5.94. The number of hydrogen-bond acceptors (Lipinski definition) is 5. The minimum Gasteiger partial charge on any atom is -0.382 e. The number of nitrogens with zero attached hydrogens (tertiary/aromatic N) is 2. The molecule has 4 N–H and O–H groups in total. The highest BCUT2D eigenvalue weighted by molar-refractivity contribution is 5.92. The molecule has 7 nitrogen and oxygen atoms in total. The van der Waals surface area contributed by atoms with Crippen LogP contribution in [0.2, 0.25) is 0 Å². The number of hydrogen-bond donors (Lipinski definition) is 3. The average Bonchev–Trinajstić information content (AvgIpc) is 2.27. The molecule has 0 aliphatic rings. The second kappa shape index (κ2) is 6.12. The summed E-state index contributed by atoms with van der Waals surface area (Å²) in [7, 11) is 0. The number of amides is 2. The van der Waals surface area contributed by atoms with Gasteiger partial charge in [-0.3, -0.25) is 9.59 Å². The molecule has 0 fully saturated rings. The van der Waals surface area contributed by atoms with E-state index in [1.54, 1.807) is 0 Å². The fourth-order valence-corrected chi connectivity index (χ4v) is 1.32. The Labute approximate surface area is 112 Å². The summed E-state index contributed by atoms with van der Waals surface area (Å²) >= 11 is 0. The number of carbonyl (C=O) groups is 2. The summed E-state index contributed by atoms with van der Waals surface area (Å²) in [6.07, 6.45) is 2.81. The molecule has 1 heterocycles. The average molecular weight is 265 g/mol. The van der Waals surface area contributed by atoms with Gasteiger partial charge in [0.1, 0.15) is 11.5 Å². The Bertz CT molecular complexity index is 450. The van der Waals surface area contributed by atoms with E-state index in [2.05, 4.69) is 20.6 Å². The number of nitrogens with one attached hydrogen (secondary N) is 2. The Morgan fingerprint density at radius 1 is 1.26 bits per heavy atom. The van der Waals surface area contributed by atoms with Crippen LogP contribution in [0.5, 0.6) is 0 Å². The van der Waals surface area contributed by atoms with Crippen LogP contribution in [-0.2, 0) is 4.79 Å². The van der Waals surface area contributed by atoms with Crippen molar-refractivity contribution >= 4 is 17.6 Å². The minimum absolute atomic E-state index is 0.115. The molecule has 0 spiro atoms. The predicted molar refractivity (Wildman–Crippen MR) is 71.3 cm³/mol.